The summed E-state index contributed by atoms with van der Waals surface area (Å²) >= 11 is 0. The highest BCUT2D eigenvalue weighted by Crippen LogP contribution is 2.41. The molecular weight excluding hydrogens is 530 g/mol. The van der Waals surface area contributed by atoms with Gasteiger partial charge in [-0.15, -0.1) is 0 Å². The van der Waals surface area contributed by atoms with Gasteiger partial charge >= 0.3 is 0 Å². The standard InChI is InChI=1S/C34H45N3O5/c1-8-9-10-11-25(26-20-30(41-6)31(42-7)21-29(26)40-5)19-32(38)37-28-18-23(12-13-27(28)34(2,3)4)22-36-33(39)24-14-16-35-17-15-24/h12-18,20-21,25H,8-11,19,22H2,1-7H3,(H,36,39)(H,37,38). The van der Waals surface area contributed by atoms with Crippen LogP contribution >= 0.6 is 0 Å². The highest BCUT2D eigenvalue weighted by atomic mass is 16.5. The number of hydrogen-bond acceptors (Lipinski definition) is 6. The number of nitrogens with one attached hydrogen (secondary N) is 2. The SMILES string of the molecule is CCCCCC(CC(=O)Nc1cc(CNC(=O)c2ccncc2)ccc1C(C)(C)C)c1cc(OC)c(OC)cc1OC. The second kappa shape index (κ2) is 15.2. The minimum Gasteiger partial charge on any atom is -0.496 e. The number of carbonyl (C=O) groups is 2. The average molecular weight is 576 g/mol. The lowest BCUT2D eigenvalue weighted by atomic mass is 9.84. The number of amides is 2. The van der Waals surface area contributed by atoms with Crippen LogP contribution < -0.4 is 24.8 Å². The molecule has 2 amide bonds. The molecule has 8 nitrogen and oxygen atoms in total. The molecule has 8 heteroatoms. The molecule has 1 heterocycles. The van der Waals surface area contributed by atoms with Gasteiger partial charge in [0.2, 0.25) is 5.91 Å². The Morgan fingerprint density at radius 3 is 2.17 bits per heavy atom. The van der Waals surface area contributed by atoms with E-state index < -0.39 is 0 Å². The minimum absolute atomic E-state index is 0.0766. The largest absolute Gasteiger partial charge is 0.496 e. The zero-order valence-electron chi connectivity index (χ0n) is 26.0. The van der Waals surface area contributed by atoms with Gasteiger partial charge in [-0.1, -0.05) is 59.1 Å². The van der Waals surface area contributed by atoms with Gasteiger partial charge in [-0.05, 0) is 53.1 Å². The van der Waals surface area contributed by atoms with E-state index in [1.807, 2.05) is 30.3 Å². The lowest BCUT2D eigenvalue weighted by Crippen LogP contribution is -2.24. The van der Waals surface area contributed by atoms with Crippen LogP contribution in [0.4, 0.5) is 5.69 Å². The van der Waals surface area contributed by atoms with Gasteiger partial charge in [-0.3, -0.25) is 14.6 Å². The number of methoxy groups -OCH3 is 3. The number of unbranched alkanes of at least 4 members (excludes halogenated alkanes) is 2. The van der Waals surface area contributed by atoms with Gasteiger partial charge in [0.25, 0.3) is 5.91 Å². The number of pyridine rings is 1. The first kappa shape index (κ1) is 32.4. The van der Waals surface area contributed by atoms with E-state index in [1.54, 1.807) is 45.9 Å². The van der Waals surface area contributed by atoms with E-state index in [4.69, 9.17) is 14.2 Å². The Bertz CT molecular complexity index is 1330. The first-order valence-corrected chi connectivity index (χ1v) is 14.5. The Balaban J connectivity index is 1.86. The van der Waals surface area contributed by atoms with Crippen LogP contribution in [0.1, 0.15) is 92.8 Å². The molecule has 0 aliphatic rings. The molecular formula is C34H45N3O5. The van der Waals surface area contributed by atoms with E-state index in [0.717, 1.165) is 48.1 Å². The number of ether oxygens (including phenoxy) is 3. The van der Waals surface area contributed by atoms with Crippen molar-refractivity contribution < 1.29 is 23.8 Å². The Morgan fingerprint density at radius 2 is 1.55 bits per heavy atom. The molecule has 0 saturated heterocycles. The van der Waals surface area contributed by atoms with Crippen LogP contribution in [0, 0.1) is 0 Å². The summed E-state index contributed by atoms with van der Waals surface area (Å²) in [5.74, 6) is 1.51. The monoisotopic (exact) mass is 575 g/mol. The van der Waals surface area contributed by atoms with Crippen LogP contribution in [0.25, 0.3) is 0 Å². The number of nitrogens with zero attached hydrogens (tertiary/aromatic N) is 1. The fourth-order valence-corrected chi connectivity index (χ4v) is 5.05. The lowest BCUT2D eigenvalue weighted by molar-refractivity contribution is -0.116. The van der Waals surface area contributed by atoms with Gasteiger partial charge in [0.15, 0.2) is 11.5 Å². The van der Waals surface area contributed by atoms with E-state index in [9.17, 15) is 9.59 Å². The molecule has 42 heavy (non-hydrogen) atoms. The topological polar surface area (TPSA) is 98.8 Å². The van der Waals surface area contributed by atoms with Gasteiger partial charge in [0.1, 0.15) is 5.75 Å². The Kier molecular flexibility index (Phi) is 11.8. The van der Waals surface area contributed by atoms with Crippen LogP contribution in [0.5, 0.6) is 17.2 Å². The van der Waals surface area contributed by atoms with E-state index in [-0.39, 0.29) is 29.6 Å². The zero-order chi connectivity index (χ0) is 30.7. The third kappa shape index (κ3) is 8.71. The average Bonchev–Trinajstić information content (AvgIpc) is 2.98. The molecule has 2 N–H and O–H groups in total. The third-order valence-electron chi connectivity index (χ3n) is 7.33. The van der Waals surface area contributed by atoms with Crippen molar-refractivity contribution in [1.29, 1.82) is 0 Å². The van der Waals surface area contributed by atoms with Gasteiger partial charge < -0.3 is 24.8 Å². The molecule has 0 fully saturated rings. The summed E-state index contributed by atoms with van der Waals surface area (Å²) in [4.78, 5) is 30.2. The zero-order valence-corrected chi connectivity index (χ0v) is 26.0. The number of hydrogen-bond donors (Lipinski definition) is 2. The molecule has 0 spiro atoms. The molecule has 3 rings (SSSR count). The van der Waals surface area contributed by atoms with E-state index in [0.29, 0.717) is 29.4 Å². The van der Waals surface area contributed by atoms with Crippen molar-refractivity contribution in [2.24, 2.45) is 0 Å². The number of aromatic nitrogens is 1. The van der Waals surface area contributed by atoms with Crippen LogP contribution in [-0.2, 0) is 16.8 Å². The summed E-state index contributed by atoms with van der Waals surface area (Å²) in [5, 5.41) is 6.15. The van der Waals surface area contributed by atoms with Crippen molar-refractivity contribution in [3.05, 3.63) is 77.1 Å². The Morgan fingerprint density at radius 1 is 0.881 bits per heavy atom. The Labute approximate surface area is 250 Å². The number of anilines is 1. The van der Waals surface area contributed by atoms with Crippen molar-refractivity contribution >= 4 is 17.5 Å². The van der Waals surface area contributed by atoms with Crippen molar-refractivity contribution in [3.63, 3.8) is 0 Å². The first-order chi connectivity index (χ1) is 20.1. The van der Waals surface area contributed by atoms with Crippen LogP contribution in [0.15, 0.2) is 54.9 Å². The van der Waals surface area contributed by atoms with Gasteiger partial charge in [0, 0.05) is 48.2 Å². The molecule has 3 aromatic rings. The lowest BCUT2D eigenvalue weighted by Gasteiger charge is -2.25. The third-order valence-corrected chi connectivity index (χ3v) is 7.33. The molecule has 226 valence electrons. The van der Waals surface area contributed by atoms with Crippen molar-refractivity contribution in [2.75, 3.05) is 26.6 Å². The summed E-state index contributed by atoms with van der Waals surface area (Å²) in [6, 6.07) is 13.1. The smallest absolute Gasteiger partial charge is 0.251 e. The summed E-state index contributed by atoms with van der Waals surface area (Å²) in [6.07, 6.45) is 7.45. The fourth-order valence-electron chi connectivity index (χ4n) is 5.05. The van der Waals surface area contributed by atoms with Crippen molar-refractivity contribution in [3.8, 4) is 17.2 Å². The molecule has 2 aromatic carbocycles. The molecule has 1 atom stereocenters. The second-order valence-corrected chi connectivity index (χ2v) is 11.4. The summed E-state index contributed by atoms with van der Waals surface area (Å²) in [7, 11) is 4.82. The van der Waals surface area contributed by atoms with Gasteiger partial charge in [-0.25, -0.2) is 0 Å². The highest BCUT2D eigenvalue weighted by molar-refractivity contribution is 5.94. The van der Waals surface area contributed by atoms with E-state index >= 15 is 0 Å². The summed E-state index contributed by atoms with van der Waals surface area (Å²) in [6.45, 7) is 8.84. The molecule has 0 aliphatic heterocycles. The summed E-state index contributed by atoms with van der Waals surface area (Å²) in [5.41, 5.74) is 3.92. The number of benzene rings is 2. The Hall–Kier alpha value is -4.07. The van der Waals surface area contributed by atoms with Crippen LogP contribution in [0.2, 0.25) is 0 Å². The maximum Gasteiger partial charge on any atom is 0.251 e. The fraction of sp³-hybridized carbons (Fsp3) is 0.441. The second-order valence-electron chi connectivity index (χ2n) is 11.4. The van der Waals surface area contributed by atoms with Crippen molar-refractivity contribution in [2.45, 2.75) is 77.7 Å². The summed E-state index contributed by atoms with van der Waals surface area (Å²) < 4.78 is 16.8. The van der Waals surface area contributed by atoms with Gasteiger partial charge in [0.05, 0.1) is 21.3 Å². The molecule has 0 aliphatic carbocycles. The molecule has 1 aromatic heterocycles. The van der Waals surface area contributed by atoms with Gasteiger partial charge in [-0.2, -0.15) is 0 Å². The predicted molar refractivity (Wildman–Crippen MR) is 167 cm³/mol. The quantitative estimate of drug-likeness (QED) is 0.200. The normalized spacial score (nSPS) is 11.9. The van der Waals surface area contributed by atoms with Crippen LogP contribution in [-0.4, -0.2) is 38.1 Å². The molecule has 0 saturated carbocycles. The van der Waals surface area contributed by atoms with Crippen molar-refractivity contribution in [1.82, 2.24) is 10.3 Å². The maximum atomic E-state index is 13.7. The number of carbonyl (C=O) groups excluding carboxylic acids is 2. The van der Waals surface area contributed by atoms with E-state index in [2.05, 4.69) is 43.3 Å². The molecule has 0 bridgehead atoms. The molecule has 1 unspecified atom stereocenters. The maximum absolute atomic E-state index is 13.7. The number of rotatable bonds is 14. The predicted octanol–water partition coefficient (Wildman–Crippen LogP) is 7.03. The van der Waals surface area contributed by atoms with E-state index in [1.165, 1.54) is 0 Å². The first-order valence-electron chi connectivity index (χ1n) is 14.5. The minimum atomic E-state index is -0.200. The highest BCUT2D eigenvalue weighted by Gasteiger charge is 2.25. The molecule has 0 radical (unpaired) electrons. The van der Waals surface area contributed by atoms with Crippen LogP contribution in [0.3, 0.4) is 0 Å².